The summed E-state index contributed by atoms with van der Waals surface area (Å²) in [5, 5.41) is 15.1. The summed E-state index contributed by atoms with van der Waals surface area (Å²) in [5.41, 5.74) is 2.50. The largest absolute Gasteiger partial charge is 0.278 e. The zero-order valence-corrected chi connectivity index (χ0v) is 14.7. The third kappa shape index (κ3) is 4.68. The van der Waals surface area contributed by atoms with Crippen LogP contribution in [-0.2, 0) is 10.0 Å². The summed E-state index contributed by atoms with van der Waals surface area (Å²) in [7, 11) is -4.13. The SMILES string of the molecule is CC/C=N/Nc1ccc([N+](=O)[O-])cc1S(=O)(=O)Nc1ccccc1Cl. The zero-order chi connectivity index (χ0) is 18.4. The highest BCUT2D eigenvalue weighted by Gasteiger charge is 2.23. The van der Waals surface area contributed by atoms with E-state index in [9.17, 15) is 18.5 Å². The molecular weight excluding hydrogens is 368 g/mol. The Kier molecular flexibility index (Phi) is 5.94. The summed E-state index contributed by atoms with van der Waals surface area (Å²) in [6, 6.07) is 9.71. The van der Waals surface area contributed by atoms with Gasteiger partial charge in [-0.2, -0.15) is 5.10 Å². The van der Waals surface area contributed by atoms with E-state index in [-0.39, 0.29) is 27.0 Å². The van der Waals surface area contributed by atoms with Crippen molar-refractivity contribution < 1.29 is 13.3 Å². The first-order valence-corrected chi connectivity index (χ1v) is 9.04. The number of nitro groups is 1. The van der Waals surface area contributed by atoms with Gasteiger partial charge in [0.25, 0.3) is 15.7 Å². The van der Waals surface area contributed by atoms with Crippen LogP contribution in [-0.4, -0.2) is 19.6 Å². The lowest BCUT2D eigenvalue weighted by molar-refractivity contribution is -0.385. The number of benzene rings is 2. The summed E-state index contributed by atoms with van der Waals surface area (Å²) < 4.78 is 27.7. The normalized spacial score (nSPS) is 11.4. The van der Waals surface area contributed by atoms with Crippen LogP contribution in [0.5, 0.6) is 0 Å². The fourth-order valence-corrected chi connectivity index (χ4v) is 3.39. The van der Waals surface area contributed by atoms with Crippen molar-refractivity contribution >= 4 is 44.9 Å². The van der Waals surface area contributed by atoms with Gasteiger partial charge in [-0.25, -0.2) is 8.42 Å². The lowest BCUT2D eigenvalue weighted by atomic mass is 10.3. The minimum Gasteiger partial charge on any atom is -0.278 e. The topological polar surface area (TPSA) is 114 Å². The van der Waals surface area contributed by atoms with Crippen molar-refractivity contribution in [3.05, 3.63) is 57.6 Å². The number of anilines is 2. The van der Waals surface area contributed by atoms with Crippen LogP contribution in [0.3, 0.4) is 0 Å². The third-order valence-electron chi connectivity index (χ3n) is 3.04. The molecule has 0 aliphatic heterocycles. The molecule has 2 aromatic rings. The molecule has 0 heterocycles. The first-order chi connectivity index (χ1) is 11.8. The molecule has 0 saturated heterocycles. The van der Waals surface area contributed by atoms with Crippen molar-refractivity contribution in [2.75, 3.05) is 10.1 Å². The van der Waals surface area contributed by atoms with E-state index in [1.54, 1.807) is 18.3 Å². The lowest BCUT2D eigenvalue weighted by Crippen LogP contribution is -2.15. The third-order valence-corrected chi connectivity index (χ3v) is 4.78. The maximum absolute atomic E-state index is 12.7. The van der Waals surface area contributed by atoms with Gasteiger partial charge < -0.3 is 0 Å². The smallest absolute Gasteiger partial charge is 0.270 e. The molecule has 25 heavy (non-hydrogen) atoms. The fourth-order valence-electron chi connectivity index (χ4n) is 1.89. The van der Waals surface area contributed by atoms with Crippen molar-refractivity contribution in [3.63, 3.8) is 0 Å². The summed E-state index contributed by atoms with van der Waals surface area (Å²) in [6.45, 7) is 1.86. The monoisotopic (exact) mass is 382 g/mol. The van der Waals surface area contributed by atoms with Crippen LogP contribution in [0.4, 0.5) is 17.1 Å². The maximum Gasteiger partial charge on any atom is 0.270 e. The van der Waals surface area contributed by atoms with Gasteiger partial charge in [0.15, 0.2) is 0 Å². The molecule has 0 aromatic heterocycles. The molecule has 0 fully saturated rings. The molecule has 2 aromatic carbocycles. The summed E-state index contributed by atoms with van der Waals surface area (Å²) in [4.78, 5) is 10.0. The van der Waals surface area contributed by atoms with Gasteiger partial charge in [-0.3, -0.25) is 20.3 Å². The summed E-state index contributed by atoms with van der Waals surface area (Å²) >= 11 is 5.97. The Labute approximate surface area is 149 Å². The van der Waals surface area contributed by atoms with Gasteiger partial charge in [0.1, 0.15) is 4.90 Å². The number of hydrazone groups is 1. The lowest BCUT2D eigenvalue weighted by Gasteiger charge is -2.12. The Morgan fingerprint density at radius 2 is 1.96 bits per heavy atom. The molecule has 0 unspecified atom stereocenters. The number of halogens is 1. The number of sulfonamides is 1. The number of nitrogens with one attached hydrogen (secondary N) is 2. The number of para-hydroxylation sites is 1. The molecule has 2 rings (SSSR count). The van der Waals surface area contributed by atoms with E-state index in [1.807, 2.05) is 6.92 Å². The molecule has 0 saturated carbocycles. The number of nitro benzene ring substituents is 1. The van der Waals surface area contributed by atoms with Crippen LogP contribution < -0.4 is 10.1 Å². The van der Waals surface area contributed by atoms with Gasteiger partial charge in [-0.05, 0) is 24.6 Å². The van der Waals surface area contributed by atoms with E-state index in [2.05, 4.69) is 15.2 Å². The Morgan fingerprint density at radius 1 is 1.24 bits per heavy atom. The van der Waals surface area contributed by atoms with E-state index in [0.29, 0.717) is 6.42 Å². The molecule has 8 nitrogen and oxygen atoms in total. The molecule has 2 N–H and O–H groups in total. The van der Waals surface area contributed by atoms with E-state index < -0.39 is 14.9 Å². The first kappa shape index (κ1) is 18.7. The highest BCUT2D eigenvalue weighted by molar-refractivity contribution is 7.93. The van der Waals surface area contributed by atoms with Crippen LogP contribution in [0, 0.1) is 10.1 Å². The molecule has 0 bridgehead atoms. The average molecular weight is 383 g/mol. The van der Waals surface area contributed by atoms with Crippen molar-refractivity contribution in [2.45, 2.75) is 18.2 Å². The van der Waals surface area contributed by atoms with Crippen LogP contribution in [0.15, 0.2) is 52.5 Å². The summed E-state index contributed by atoms with van der Waals surface area (Å²) in [6.07, 6.45) is 2.18. The van der Waals surface area contributed by atoms with Crippen LogP contribution in [0.1, 0.15) is 13.3 Å². The standard InChI is InChI=1S/C15H15ClN4O4S/c1-2-9-17-18-14-8-7-11(20(21)22)10-15(14)25(23,24)19-13-6-4-3-5-12(13)16/h3-10,18-19H,2H2,1H3/b17-9+. The second kappa shape index (κ2) is 7.95. The van der Waals surface area contributed by atoms with Crippen LogP contribution in [0.2, 0.25) is 5.02 Å². The number of non-ortho nitro benzene ring substituents is 1. The zero-order valence-electron chi connectivity index (χ0n) is 13.1. The predicted octanol–water partition coefficient (Wildman–Crippen LogP) is 3.86. The molecule has 0 aliphatic rings. The average Bonchev–Trinajstić information content (AvgIpc) is 2.57. The first-order valence-electron chi connectivity index (χ1n) is 7.18. The van der Waals surface area contributed by atoms with Gasteiger partial charge in [0.05, 0.1) is 21.3 Å². The van der Waals surface area contributed by atoms with E-state index in [0.717, 1.165) is 6.07 Å². The van der Waals surface area contributed by atoms with Crippen LogP contribution in [0.25, 0.3) is 0 Å². The highest BCUT2D eigenvalue weighted by Crippen LogP contribution is 2.30. The Balaban J connectivity index is 2.49. The van der Waals surface area contributed by atoms with Crippen LogP contribution >= 0.6 is 11.6 Å². The van der Waals surface area contributed by atoms with Gasteiger partial charge >= 0.3 is 0 Å². The van der Waals surface area contributed by atoms with E-state index in [1.165, 1.54) is 24.3 Å². The quantitative estimate of drug-likeness (QED) is 0.428. The fraction of sp³-hybridized carbons (Fsp3) is 0.133. The second-order valence-corrected chi connectivity index (χ2v) is 6.91. The maximum atomic E-state index is 12.7. The Hall–Kier alpha value is -2.65. The van der Waals surface area contributed by atoms with E-state index >= 15 is 0 Å². The van der Waals surface area contributed by atoms with Gasteiger partial charge in [-0.15, -0.1) is 0 Å². The molecule has 0 radical (unpaired) electrons. The number of rotatable bonds is 7. The molecule has 0 aliphatic carbocycles. The van der Waals surface area contributed by atoms with E-state index in [4.69, 9.17) is 11.6 Å². The Bertz CT molecular complexity index is 915. The van der Waals surface area contributed by atoms with Crippen molar-refractivity contribution in [2.24, 2.45) is 5.10 Å². The summed E-state index contributed by atoms with van der Waals surface area (Å²) in [5.74, 6) is 0. The molecule has 0 spiro atoms. The molecule has 0 amide bonds. The second-order valence-electron chi connectivity index (χ2n) is 4.85. The van der Waals surface area contributed by atoms with Crippen molar-refractivity contribution in [1.29, 1.82) is 0 Å². The predicted molar refractivity (Wildman–Crippen MR) is 97.8 cm³/mol. The van der Waals surface area contributed by atoms with Gasteiger partial charge in [-0.1, -0.05) is 30.7 Å². The van der Waals surface area contributed by atoms with Crippen molar-refractivity contribution in [1.82, 2.24) is 0 Å². The Morgan fingerprint density at radius 3 is 2.60 bits per heavy atom. The molecule has 0 atom stereocenters. The highest BCUT2D eigenvalue weighted by atomic mass is 35.5. The number of nitrogens with zero attached hydrogens (tertiary/aromatic N) is 2. The number of hydrogen-bond donors (Lipinski definition) is 2. The minimum absolute atomic E-state index is 0.106. The van der Waals surface area contributed by atoms with Gasteiger partial charge in [0.2, 0.25) is 0 Å². The van der Waals surface area contributed by atoms with Gasteiger partial charge in [0, 0.05) is 18.3 Å². The van der Waals surface area contributed by atoms with Crippen molar-refractivity contribution in [3.8, 4) is 0 Å². The molecular formula is C15H15ClN4O4S. The number of hydrogen-bond acceptors (Lipinski definition) is 6. The molecule has 10 heteroatoms. The molecule has 132 valence electrons. The minimum atomic E-state index is -4.13.